The summed E-state index contributed by atoms with van der Waals surface area (Å²) in [7, 11) is 0. The van der Waals surface area contributed by atoms with E-state index in [1.54, 1.807) is 30.3 Å². The second-order valence-electron chi connectivity index (χ2n) is 3.84. The fraction of sp³-hybridized carbons (Fsp3) is 0.0714. The minimum absolute atomic E-state index is 0.128. The van der Waals surface area contributed by atoms with Crippen LogP contribution in [-0.2, 0) is 0 Å². The number of nitrogens with one attached hydrogen (secondary N) is 2. The van der Waals surface area contributed by atoms with Crippen LogP contribution in [0.15, 0.2) is 46.8 Å². The molecule has 0 fully saturated rings. The zero-order chi connectivity index (χ0) is 15.1. The SMILES string of the molecule is CSC(=Nc1ccc(NC(=O)c2cccs2)cc1)NC#N. The van der Waals surface area contributed by atoms with Crippen LogP contribution in [0, 0.1) is 11.5 Å². The molecule has 1 aromatic carbocycles. The van der Waals surface area contributed by atoms with Crippen molar-refractivity contribution < 1.29 is 4.79 Å². The monoisotopic (exact) mass is 316 g/mol. The zero-order valence-corrected chi connectivity index (χ0v) is 12.8. The molecule has 2 aromatic rings. The second kappa shape index (κ2) is 7.47. The number of hydrogen-bond acceptors (Lipinski definition) is 5. The van der Waals surface area contributed by atoms with Crippen LogP contribution in [0.3, 0.4) is 0 Å². The summed E-state index contributed by atoms with van der Waals surface area (Å²) in [6.45, 7) is 0. The molecule has 1 heterocycles. The Morgan fingerprint density at radius 1 is 1.33 bits per heavy atom. The van der Waals surface area contributed by atoms with Gasteiger partial charge in [0, 0.05) is 5.69 Å². The molecule has 1 aromatic heterocycles. The van der Waals surface area contributed by atoms with Crippen LogP contribution in [0.25, 0.3) is 0 Å². The standard InChI is InChI=1S/C14H12N4OS2/c1-20-14(16-9-15)18-11-6-4-10(5-7-11)17-13(19)12-3-2-8-21-12/h2-8H,1H3,(H,16,18)(H,17,19). The lowest BCUT2D eigenvalue weighted by molar-refractivity contribution is 0.103. The molecule has 0 saturated carbocycles. The Morgan fingerprint density at radius 2 is 2.10 bits per heavy atom. The average molecular weight is 316 g/mol. The van der Waals surface area contributed by atoms with Gasteiger partial charge in [-0.05, 0) is 42.0 Å². The molecule has 106 valence electrons. The second-order valence-corrected chi connectivity index (χ2v) is 5.58. The van der Waals surface area contributed by atoms with Gasteiger partial charge in [-0.1, -0.05) is 17.8 Å². The summed E-state index contributed by atoms with van der Waals surface area (Å²) in [5.41, 5.74) is 1.41. The summed E-state index contributed by atoms with van der Waals surface area (Å²) in [6.07, 6.45) is 3.67. The van der Waals surface area contributed by atoms with Gasteiger partial charge in [0.2, 0.25) is 0 Å². The first-order chi connectivity index (χ1) is 10.2. The Balaban J connectivity index is 2.05. The van der Waals surface area contributed by atoms with E-state index < -0.39 is 0 Å². The highest BCUT2D eigenvalue weighted by Gasteiger charge is 2.06. The van der Waals surface area contributed by atoms with Crippen molar-refractivity contribution in [1.82, 2.24) is 5.32 Å². The van der Waals surface area contributed by atoms with Crippen molar-refractivity contribution in [3.63, 3.8) is 0 Å². The number of carbonyl (C=O) groups excluding carboxylic acids is 1. The number of amidine groups is 1. The normalized spacial score (nSPS) is 10.8. The van der Waals surface area contributed by atoms with E-state index in [1.807, 2.05) is 23.9 Å². The first-order valence-electron chi connectivity index (χ1n) is 5.95. The van der Waals surface area contributed by atoms with Crippen LogP contribution in [0.2, 0.25) is 0 Å². The summed E-state index contributed by atoms with van der Waals surface area (Å²) in [6, 6.07) is 10.7. The summed E-state index contributed by atoms with van der Waals surface area (Å²) < 4.78 is 0. The molecule has 0 spiro atoms. The first kappa shape index (κ1) is 15.1. The van der Waals surface area contributed by atoms with E-state index in [0.29, 0.717) is 21.4 Å². The van der Waals surface area contributed by atoms with Gasteiger partial charge in [-0.15, -0.1) is 11.3 Å². The lowest BCUT2D eigenvalue weighted by Gasteiger charge is -2.04. The third-order valence-corrected chi connectivity index (χ3v) is 3.91. The molecule has 0 bridgehead atoms. The number of benzene rings is 1. The lowest BCUT2D eigenvalue weighted by atomic mass is 10.3. The van der Waals surface area contributed by atoms with E-state index in [-0.39, 0.29) is 5.91 Å². The summed E-state index contributed by atoms with van der Waals surface area (Å²) >= 11 is 2.75. The van der Waals surface area contributed by atoms with Crippen LogP contribution in [0.4, 0.5) is 11.4 Å². The third kappa shape index (κ3) is 4.34. The maximum atomic E-state index is 11.9. The van der Waals surface area contributed by atoms with Crippen LogP contribution in [0.1, 0.15) is 9.67 Å². The zero-order valence-electron chi connectivity index (χ0n) is 11.2. The van der Waals surface area contributed by atoms with Crippen molar-refractivity contribution in [2.45, 2.75) is 0 Å². The van der Waals surface area contributed by atoms with E-state index in [1.165, 1.54) is 23.1 Å². The molecule has 0 unspecified atom stereocenters. The Hall–Kier alpha value is -2.30. The lowest BCUT2D eigenvalue weighted by Crippen LogP contribution is -2.12. The van der Waals surface area contributed by atoms with Gasteiger partial charge >= 0.3 is 0 Å². The van der Waals surface area contributed by atoms with Crippen molar-refractivity contribution in [3.8, 4) is 6.19 Å². The number of anilines is 1. The molecule has 0 aliphatic heterocycles. The molecule has 0 radical (unpaired) electrons. The van der Waals surface area contributed by atoms with Gasteiger partial charge in [0.15, 0.2) is 11.4 Å². The molecular formula is C14H12N4OS2. The molecular weight excluding hydrogens is 304 g/mol. The highest BCUT2D eigenvalue weighted by atomic mass is 32.2. The van der Waals surface area contributed by atoms with Gasteiger partial charge in [-0.2, -0.15) is 5.26 Å². The van der Waals surface area contributed by atoms with E-state index in [9.17, 15) is 4.79 Å². The predicted octanol–water partition coefficient (Wildman–Crippen LogP) is 3.42. The summed E-state index contributed by atoms with van der Waals surface area (Å²) in [4.78, 5) is 16.8. The number of nitriles is 1. The molecule has 7 heteroatoms. The molecule has 5 nitrogen and oxygen atoms in total. The predicted molar refractivity (Wildman–Crippen MR) is 88.1 cm³/mol. The van der Waals surface area contributed by atoms with E-state index in [4.69, 9.17) is 5.26 Å². The minimum atomic E-state index is -0.128. The van der Waals surface area contributed by atoms with Crippen LogP contribution in [-0.4, -0.2) is 17.3 Å². The Labute approximate surface area is 130 Å². The van der Waals surface area contributed by atoms with Crippen molar-refractivity contribution in [2.75, 3.05) is 11.6 Å². The van der Waals surface area contributed by atoms with Crippen molar-refractivity contribution >= 4 is 45.5 Å². The highest BCUT2D eigenvalue weighted by Crippen LogP contribution is 2.19. The number of hydrogen-bond donors (Lipinski definition) is 2. The van der Waals surface area contributed by atoms with Gasteiger partial charge in [0.25, 0.3) is 5.91 Å². The van der Waals surface area contributed by atoms with Gasteiger partial charge < -0.3 is 5.32 Å². The fourth-order valence-electron chi connectivity index (χ4n) is 1.51. The number of nitrogens with zero attached hydrogens (tertiary/aromatic N) is 2. The quantitative estimate of drug-likeness (QED) is 0.394. The fourth-order valence-corrected chi connectivity index (χ4v) is 2.47. The maximum absolute atomic E-state index is 11.9. The van der Waals surface area contributed by atoms with Crippen molar-refractivity contribution in [1.29, 1.82) is 5.26 Å². The molecule has 0 saturated heterocycles. The number of aliphatic imine (C=N–C) groups is 1. The molecule has 2 N–H and O–H groups in total. The molecule has 0 atom stereocenters. The van der Waals surface area contributed by atoms with Gasteiger partial charge in [-0.25, -0.2) is 4.99 Å². The largest absolute Gasteiger partial charge is 0.321 e. The Morgan fingerprint density at radius 3 is 2.67 bits per heavy atom. The maximum Gasteiger partial charge on any atom is 0.265 e. The summed E-state index contributed by atoms with van der Waals surface area (Å²) in [5.74, 6) is -0.128. The smallest absolute Gasteiger partial charge is 0.265 e. The number of rotatable bonds is 3. The molecule has 0 aliphatic rings. The number of amides is 1. The van der Waals surface area contributed by atoms with Crippen molar-refractivity contribution in [3.05, 3.63) is 46.7 Å². The molecule has 0 aliphatic carbocycles. The number of carbonyl (C=O) groups is 1. The third-order valence-electron chi connectivity index (χ3n) is 2.46. The average Bonchev–Trinajstić information content (AvgIpc) is 3.03. The minimum Gasteiger partial charge on any atom is -0.321 e. The van der Waals surface area contributed by atoms with Gasteiger partial charge in [0.1, 0.15) is 0 Å². The van der Waals surface area contributed by atoms with Crippen LogP contribution < -0.4 is 10.6 Å². The Bertz CT molecular complexity index is 672. The highest BCUT2D eigenvalue weighted by molar-refractivity contribution is 8.13. The Kier molecular flexibility index (Phi) is 5.37. The molecule has 21 heavy (non-hydrogen) atoms. The number of thiophene rings is 1. The van der Waals surface area contributed by atoms with Crippen molar-refractivity contribution in [2.24, 2.45) is 4.99 Å². The van der Waals surface area contributed by atoms with Crippen LogP contribution >= 0.6 is 23.1 Å². The topological polar surface area (TPSA) is 77.3 Å². The van der Waals surface area contributed by atoms with Crippen LogP contribution in [0.5, 0.6) is 0 Å². The van der Waals surface area contributed by atoms with E-state index in [0.717, 1.165) is 0 Å². The number of thioether (sulfide) groups is 1. The molecule has 1 amide bonds. The van der Waals surface area contributed by atoms with E-state index >= 15 is 0 Å². The molecule has 2 rings (SSSR count). The van der Waals surface area contributed by atoms with Gasteiger partial charge in [0.05, 0.1) is 10.6 Å². The first-order valence-corrected chi connectivity index (χ1v) is 8.06. The van der Waals surface area contributed by atoms with Gasteiger partial charge in [-0.3, -0.25) is 10.1 Å². The van der Waals surface area contributed by atoms with E-state index in [2.05, 4.69) is 15.6 Å². The summed E-state index contributed by atoms with van der Waals surface area (Å²) in [5, 5.41) is 16.3.